The van der Waals surface area contributed by atoms with Gasteiger partial charge in [0.05, 0.1) is 5.71 Å². The van der Waals surface area contributed by atoms with E-state index in [1.165, 1.54) is 0 Å². The summed E-state index contributed by atoms with van der Waals surface area (Å²) in [4.78, 5) is 14.9. The number of aliphatic carboxylic acids is 1. The Morgan fingerprint density at radius 2 is 2.47 bits per heavy atom. The van der Waals surface area contributed by atoms with Crippen LogP contribution >= 0.6 is 0 Å². The molecule has 1 atom stereocenters. The Morgan fingerprint density at radius 3 is 3.00 bits per heavy atom. The average Bonchev–Trinajstić information content (AvgIpc) is 2.64. The molecule has 1 unspecified atom stereocenters. The third-order valence-electron chi connectivity index (χ3n) is 2.43. The Hall–Kier alpha value is -1.91. The van der Waals surface area contributed by atoms with Crippen LogP contribution in [0, 0.1) is 0 Å². The smallest absolute Gasteiger partial charge is 0.331 e. The molecule has 1 aromatic rings. The molecule has 78 valence electrons. The van der Waals surface area contributed by atoms with Crippen molar-refractivity contribution in [2.24, 2.45) is 5.10 Å². The zero-order valence-corrected chi connectivity index (χ0v) is 8.27. The summed E-state index contributed by atoms with van der Waals surface area (Å²) in [5.41, 5.74) is 3.23. The second kappa shape index (κ2) is 3.34. The summed E-state index contributed by atoms with van der Waals surface area (Å²) in [7, 11) is 0. The molecule has 0 radical (unpaired) electrons. The third kappa shape index (κ3) is 1.68. The molecule has 0 spiro atoms. The first-order chi connectivity index (χ1) is 7.12. The van der Waals surface area contributed by atoms with Crippen LogP contribution in [0.4, 0.5) is 0 Å². The van der Waals surface area contributed by atoms with Gasteiger partial charge < -0.3 is 5.11 Å². The van der Waals surface area contributed by atoms with E-state index in [4.69, 9.17) is 5.11 Å². The summed E-state index contributed by atoms with van der Waals surface area (Å²) >= 11 is 0. The van der Waals surface area contributed by atoms with Crippen molar-refractivity contribution in [1.29, 1.82) is 0 Å². The highest BCUT2D eigenvalue weighted by Gasteiger charge is 2.38. The lowest BCUT2D eigenvalue weighted by Crippen LogP contribution is -2.44. The highest BCUT2D eigenvalue weighted by atomic mass is 16.4. The number of hydrogen-bond donors (Lipinski definition) is 2. The Balaban J connectivity index is 2.21. The molecule has 0 saturated carbocycles. The summed E-state index contributed by atoms with van der Waals surface area (Å²) in [5.74, 6) is -0.898. The maximum atomic E-state index is 10.9. The van der Waals surface area contributed by atoms with Gasteiger partial charge in [0, 0.05) is 24.4 Å². The summed E-state index contributed by atoms with van der Waals surface area (Å²) in [6.45, 7) is 1.61. The topological polar surface area (TPSA) is 74.6 Å². The summed E-state index contributed by atoms with van der Waals surface area (Å²) in [6.07, 6.45) is 3.71. The Bertz CT molecular complexity index is 416. The molecule has 5 heteroatoms. The number of hydrogen-bond acceptors (Lipinski definition) is 4. The van der Waals surface area contributed by atoms with Crippen molar-refractivity contribution in [1.82, 2.24) is 10.4 Å². The fourth-order valence-corrected chi connectivity index (χ4v) is 1.43. The fourth-order valence-electron chi connectivity index (χ4n) is 1.43. The third-order valence-corrected chi connectivity index (χ3v) is 2.43. The molecular formula is C10H11N3O2. The monoisotopic (exact) mass is 205 g/mol. The molecule has 1 aliphatic rings. The van der Waals surface area contributed by atoms with Crippen molar-refractivity contribution in [3.63, 3.8) is 0 Å². The maximum absolute atomic E-state index is 10.9. The molecule has 0 bridgehead atoms. The zero-order chi connectivity index (χ0) is 10.9. The molecule has 2 rings (SSSR count). The van der Waals surface area contributed by atoms with Gasteiger partial charge in [-0.1, -0.05) is 6.07 Å². The second-order valence-electron chi connectivity index (χ2n) is 3.73. The van der Waals surface area contributed by atoms with Gasteiger partial charge in [-0.25, -0.2) is 4.79 Å². The maximum Gasteiger partial charge on any atom is 0.331 e. The molecule has 15 heavy (non-hydrogen) atoms. The van der Waals surface area contributed by atoms with Gasteiger partial charge in [-0.3, -0.25) is 10.4 Å². The molecule has 0 aliphatic carbocycles. The van der Waals surface area contributed by atoms with Gasteiger partial charge in [0.2, 0.25) is 0 Å². The summed E-state index contributed by atoms with van der Waals surface area (Å²) in [6, 6.07) is 3.66. The second-order valence-corrected chi connectivity index (χ2v) is 3.73. The standard InChI is InChI=1S/C10H11N3O2/c1-10(9(14)15)5-8(12-13-10)7-3-2-4-11-6-7/h2-4,6,13H,5H2,1H3,(H,14,15). The predicted molar refractivity (Wildman–Crippen MR) is 54.6 cm³/mol. The zero-order valence-electron chi connectivity index (χ0n) is 8.27. The van der Waals surface area contributed by atoms with Gasteiger partial charge in [0.25, 0.3) is 0 Å². The van der Waals surface area contributed by atoms with Crippen LogP contribution in [0.2, 0.25) is 0 Å². The lowest BCUT2D eigenvalue weighted by molar-refractivity contribution is -0.143. The molecule has 2 heterocycles. The van der Waals surface area contributed by atoms with E-state index < -0.39 is 11.5 Å². The van der Waals surface area contributed by atoms with Crippen molar-refractivity contribution in [2.75, 3.05) is 0 Å². The first-order valence-electron chi connectivity index (χ1n) is 4.59. The Kier molecular flexibility index (Phi) is 2.15. The molecule has 2 N–H and O–H groups in total. The van der Waals surface area contributed by atoms with Crippen molar-refractivity contribution < 1.29 is 9.90 Å². The SMILES string of the molecule is CC1(C(=O)O)CC(c2cccnc2)=NN1. The van der Waals surface area contributed by atoms with E-state index in [2.05, 4.69) is 15.5 Å². The number of carboxylic acids is 1. The van der Waals surface area contributed by atoms with Crippen molar-refractivity contribution >= 4 is 11.7 Å². The number of nitrogens with one attached hydrogen (secondary N) is 1. The Labute approximate surface area is 86.8 Å². The van der Waals surface area contributed by atoms with Gasteiger partial charge in [-0.15, -0.1) is 0 Å². The lowest BCUT2D eigenvalue weighted by atomic mass is 9.95. The first-order valence-corrected chi connectivity index (χ1v) is 4.59. The van der Waals surface area contributed by atoms with E-state index in [0.29, 0.717) is 6.42 Å². The van der Waals surface area contributed by atoms with Crippen molar-refractivity contribution in [3.8, 4) is 0 Å². The van der Waals surface area contributed by atoms with E-state index in [-0.39, 0.29) is 0 Å². The van der Waals surface area contributed by atoms with E-state index in [1.807, 2.05) is 6.07 Å². The van der Waals surface area contributed by atoms with Crippen LogP contribution in [0.25, 0.3) is 0 Å². The number of carbonyl (C=O) groups is 1. The minimum Gasteiger partial charge on any atom is -0.479 e. The number of hydrazone groups is 1. The Morgan fingerprint density at radius 1 is 1.67 bits per heavy atom. The molecule has 0 aromatic carbocycles. The number of aromatic nitrogens is 1. The van der Waals surface area contributed by atoms with Crippen LogP contribution in [0.1, 0.15) is 18.9 Å². The molecule has 5 nitrogen and oxygen atoms in total. The van der Waals surface area contributed by atoms with Crippen LogP contribution in [0.3, 0.4) is 0 Å². The largest absolute Gasteiger partial charge is 0.479 e. The summed E-state index contributed by atoms with van der Waals surface area (Å²) in [5, 5.41) is 13.0. The van der Waals surface area contributed by atoms with E-state index >= 15 is 0 Å². The van der Waals surface area contributed by atoms with Crippen LogP contribution in [0.15, 0.2) is 29.6 Å². The van der Waals surface area contributed by atoms with Gasteiger partial charge >= 0.3 is 5.97 Å². The normalized spacial score (nSPS) is 24.5. The molecule has 0 amide bonds. The predicted octanol–water partition coefficient (Wildman–Crippen LogP) is 0.622. The molecule has 1 aromatic heterocycles. The van der Waals surface area contributed by atoms with Crippen LogP contribution in [-0.4, -0.2) is 27.3 Å². The quantitative estimate of drug-likeness (QED) is 0.742. The lowest BCUT2D eigenvalue weighted by Gasteiger charge is -2.16. The van der Waals surface area contributed by atoms with Gasteiger partial charge in [-0.2, -0.15) is 5.10 Å². The minimum atomic E-state index is -0.995. The van der Waals surface area contributed by atoms with Gasteiger partial charge in [-0.05, 0) is 13.0 Å². The number of pyridine rings is 1. The van der Waals surface area contributed by atoms with Gasteiger partial charge in [0.1, 0.15) is 0 Å². The van der Waals surface area contributed by atoms with E-state index in [1.54, 1.807) is 25.4 Å². The van der Waals surface area contributed by atoms with Crippen molar-refractivity contribution in [3.05, 3.63) is 30.1 Å². The molecule has 0 fully saturated rings. The minimum absolute atomic E-state index is 0.369. The van der Waals surface area contributed by atoms with Crippen molar-refractivity contribution in [2.45, 2.75) is 18.9 Å². The first kappa shape index (κ1) is 9.64. The number of carboxylic acid groups (broad SMARTS) is 1. The average molecular weight is 205 g/mol. The highest BCUT2D eigenvalue weighted by Crippen LogP contribution is 2.20. The van der Waals surface area contributed by atoms with Crippen LogP contribution in [0.5, 0.6) is 0 Å². The highest BCUT2D eigenvalue weighted by molar-refractivity contribution is 6.05. The summed E-state index contributed by atoms with van der Waals surface area (Å²) < 4.78 is 0. The number of rotatable bonds is 2. The van der Waals surface area contributed by atoms with E-state index in [0.717, 1.165) is 11.3 Å². The fraction of sp³-hybridized carbons (Fsp3) is 0.300. The molecule has 1 aliphatic heterocycles. The molecule has 0 saturated heterocycles. The number of nitrogens with zero attached hydrogens (tertiary/aromatic N) is 2. The molecular weight excluding hydrogens is 194 g/mol. The van der Waals surface area contributed by atoms with Crippen LogP contribution in [-0.2, 0) is 4.79 Å². The van der Waals surface area contributed by atoms with E-state index in [9.17, 15) is 4.79 Å². The van der Waals surface area contributed by atoms with Crippen LogP contribution < -0.4 is 5.43 Å². The van der Waals surface area contributed by atoms with Gasteiger partial charge in [0.15, 0.2) is 5.54 Å².